The molecule has 1 aliphatic heterocycles. The Morgan fingerprint density at radius 3 is 2.56 bits per heavy atom. The number of ether oxygens (including phenoxy) is 1. The molecule has 0 aromatic heterocycles. The summed E-state index contributed by atoms with van der Waals surface area (Å²) in [6.07, 6.45) is 0. The minimum atomic E-state index is 0.565. The molecule has 0 N–H and O–H groups in total. The van der Waals surface area contributed by atoms with Crippen LogP contribution < -0.4 is 0 Å². The number of rotatable bonds is 1. The fourth-order valence-corrected chi connectivity index (χ4v) is 1.81. The van der Waals surface area contributed by atoms with Crippen LogP contribution in [0.5, 0.6) is 0 Å². The second-order valence-electron chi connectivity index (χ2n) is 3.69. The highest BCUT2D eigenvalue weighted by Gasteiger charge is 2.14. The molecule has 94 valence electrons. The molecule has 1 saturated heterocycles. The largest absolute Gasteiger partial charge is 0.378 e. The van der Waals surface area contributed by atoms with E-state index in [4.69, 9.17) is 16.3 Å². The van der Waals surface area contributed by atoms with Crippen LogP contribution in [-0.4, -0.2) is 42.3 Å². The molecule has 0 radical (unpaired) electrons. The lowest BCUT2D eigenvalue weighted by molar-refractivity contribution is 0.0676. The lowest BCUT2D eigenvalue weighted by Crippen LogP contribution is -2.39. The van der Waals surface area contributed by atoms with E-state index in [1.165, 1.54) is 0 Å². The SMILES string of the molecule is S=C=NC(=Nc1ccc(Cl)cc1)N1CCOCC1. The van der Waals surface area contributed by atoms with Gasteiger partial charge in [-0.15, -0.1) is 0 Å². The lowest BCUT2D eigenvalue weighted by Gasteiger charge is -2.27. The standard InChI is InChI=1S/C12H12ClN3OS/c13-10-1-3-11(4-2-10)15-12(14-9-18)16-5-7-17-8-6-16/h1-4H,5-8H2. The Labute approximate surface area is 116 Å². The van der Waals surface area contributed by atoms with Crippen molar-refractivity contribution in [1.29, 1.82) is 0 Å². The Morgan fingerprint density at radius 1 is 1.28 bits per heavy atom. The van der Waals surface area contributed by atoms with Gasteiger partial charge in [-0.3, -0.25) is 0 Å². The molecule has 0 atom stereocenters. The third-order valence-electron chi connectivity index (χ3n) is 2.50. The van der Waals surface area contributed by atoms with Gasteiger partial charge >= 0.3 is 0 Å². The van der Waals surface area contributed by atoms with Crippen molar-refractivity contribution in [2.45, 2.75) is 0 Å². The highest BCUT2D eigenvalue weighted by molar-refractivity contribution is 7.78. The number of morpholine rings is 1. The Morgan fingerprint density at radius 2 is 1.94 bits per heavy atom. The normalized spacial score (nSPS) is 16.3. The summed E-state index contributed by atoms with van der Waals surface area (Å²) in [7, 11) is 0. The van der Waals surface area contributed by atoms with Gasteiger partial charge in [0.15, 0.2) is 0 Å². The summed E-state index contributed by atoms with van der Waals surface area (Å²) >= 11 is 10.5. The molecule has 0 saturated carbocycles. The van der Waals surface area contributed by atoms with E-state index >= 15 is 0 Å². The zero-order valence-corrected chi connectivity index (χ0v) is 11.2. The number of hydrogen-bond acceptors (Lipinski definition) is 3. The summed E-state index contributed by atoms with van der Waals surface area (Å²) < 4.78 is 5.29. The van der Waals surface area contributed by atoms with Gasteiger partial charge in [-0.2, -0.15) is 4.99 Å². The van der Waals surface area contributed by atoms with E-state index in [1.54, 1.807) is 12.1 Å². The molecular formula is C12H12ClN3OS. The number of benzene rings is 1. The maximum Gasteiger partial charge on any atom is 0.235 e. The molecule has 0 spiro atoms. The van der Waals surface area contributed by atoms with Crippen molar-refractivity contribution in [2.24, 2.45) is 9.98 Å². The van der Waals surface area contributed by atoms with E-state index < -0.39 is 0 Å². The van der Waals surface area contributed by atoms with Crippen molar-refractivity contribution in [3.8, 4) is 0 Å². The smallest absolute Gasteiger partial charge is 0.235 e. The van der Waals surface area contributed by atoms with Crippen LogP contribution >= 0.6 is 23.8 Å². The Kier molecular flexibility index (Phi) is 4.84. The molecule has 1 fully saturated rings. The highest BCUT2D eigenvalue weighted by atomic mass is 35.5. The van der Waals surface area contributed by atoms with Crippen LogP contribution in [0.25, 0.3) is 0 Å². The van der Waals surface area contributed by atoms with Gasteiger partial charge in [-0.05, 0) is 36.5 Å². The molecule has 2 rings (SSSR count). The quantitative estimate of drug-likeness (QED) is 0.451. The van der Waals surface area contributed by atoms with Crippen LogP contribution in [0.4, 0.5) is 5.69 Å². The predicted octanol–water partition coefficient (Wildman–Crippen LogP) is 2.76. The average molecular weight is 282 g/mol. The van der Waals surface area contributed by atoms with Crippen LogP contribution in [0.2, 0.25) is 5.02 Å². The van der Waals surface area contributed by atoms with Crippen molar-refractivity contribution >= 4 is 40.6 Å². The second-order valence-corrected chi connectivity index (χ2v) is 4.31. The van der Waals surface area contributed by atoms with Gasteiger partial charge in [0.1, 0.15) is 0 Å². The summed E-state index contributed by atoms with van der Waals surface area (Å²) in [5.74, 6) is 0.565. The topological polar surface area (TPSA) is 37.2 Å². The van der Waals surface area contributed by atoms with Gasteiger partial charge in [0.25, 0.3) is 0 Å². The monoisotopic (exact) mass is 281 g/mol. The van der Waals surface area contributed by atoms with Gasteiger partial charge < -0.3 is 9.64 Å². The van der Waals surface area contributed by atoms with Crippen molar-refractivity contribution in [3.05, 3.63) is 29.3 Å². The number of hydrogen-bond donors (Lipinski definition) is 0. The van der Waals surface area contributed by atoms with Crippen LogP contribution in [-0.2, 0) is 4.74 Å². The maximum absolute atomic E-state index is 5.83. The Hall–Kier alpha value is -1.26. The fraction of sp³-hybridized carbons (Fsp3) is 0.333. The molecule has 0 bridgehead atoms. The van der Waals surface area contributed by atoms with Gasteiger partial charge in [-0.1, -0.05) is 11.6 Å². The number of thiocarbonyl (C=S) groups is 1. The first-order valence-electron chi connectivity index (χ1n) is 5.54. The van der Waals surface area contributed by atoms with Crippen molar-refractivity contribution in [2.75, 3.05) is 26.3 Å². The van der Waals surface area contributed by atoms with Gasteiger partial charge in [0.05, 0.1) is 24.1 Å². The first-order valence-corrected chi connectivity index (χ1v) is 6.33. The molecule has 4 nitrogen and oxygen atoms in total. The van der Waals surface area contributed by atoms with Crippen molar-refractivity contribution in [1.82, 2.24) is 4.90 Å². The number of aliphatic imine (C=N–C) groups is 2. The van der Waals surface area contributed by atoms with E-state index in [0.717, 1.165) is 18.8 Å². The molecular weight excluding hydrogens is 270 g/mol. The van der Waals surface area contributed by atoms with Crippen LogP contribution in [0.1, 0.15) is 0 Å². The molecule has 0 unspecified atom stereocenters. The molecule has 1 aliphatic rings. The van der Waals surface area contributed by atoms with Crippen LogP contribution in [0, 0.1) is 0 Å². The predicted molar refractivity (Wildman–Crippen MR) is 76.0 cm³/mol. The van der Waals surface area contributed by atoms with Gasteiger partial charge in [0, 0.05) is 18.1 Å². The minimum Gasteiger partial charge on any atom is -0.378 e. The van der Waals surface area contributed by atoms with E-state index in [9.17, 15) is 0 Å². The van der Waals surface area contributed by atoms with E-state index in [1.807, 2.05) is 17.0 Å². The number of guanidine groups is 1. The van der Waals surface area contributed by atoms with Crippen LogP contribution in [0.3, 0.4) is 0 Å². The van der Waals surface area contributed by atoms with E-state index in [2.05, 4.69) is 27.4 Å². The second kappa shape index (κ2) is 6.61. The summed E-state index contributed by atoms with van der Waals surface area (Å²) in [5.41, 5.74) is 0.787. The Bertz CT molecular complexity index is 477. The van der Waals surface area contributed by atoms with E-state index in [-0.39, 0.29) is 0 Å². The molecule has 1 aromatic carbocycles. The third kappa shape index (κ3) is 3.62. The Balaban J connectivity index is 2.22. The van der Waals surface area contributed by atoms with Gasteiger partial charge in [0.2, 0.25) is 5.96 Å². The zero-order valence-electron chi connectivity index (χ0n) is 9.67. The third-order valence-corrected chi connectivity index (χ3v) is 2.84. The minimum absolute atomic E-state index is 0.565. The molecule has 18 heavy (non-hydrogen) atoms. The highest BCUT2D eigenvalue weighted by Crippen LogP contribution is 2.17. The summed E-state index contributed by atoms with van der Waals surface area (Å²) in [6, 6.07) is 7.25. The number of halogens is 1. The van der Waals surface area contributed by atoms with Crippen molar-refractivity contribution < 1.29 is 4.74 Å². The maximum atomic E-state index is 5.83. The first kappa shape index (κ1) is 13.2. The summed E-state index contributed by atoms with van der Waals surface area (Å²) in [4.78, 5) is 10.5. The number of isothiocyanates is 1. The first-order chi connectivity index (χ1) is 8.79. The molecule has 1 aromatic rings. The molecule has 6 heteroatoms. The van der Waals surface area contributed by atoms with Crippen LogP contribution in [0.15, 0.2) is 34.3 Å². The van der Waals surface area contributed by atoms with Gasteiger partial charge in [-0.25, -0.2) is 4.99 Å². The molecule has 1 heterocycles. The zero-order chi connectivity index (χ0) is 12.8. The molecule has 0 aliphatic carbocycles. The summed E-state index contributed by atoms with van der Waals surface area (Å²) in [6.45, 7) is 2.86. The molecule has 0 amide bonds. The average Bonchev–Trinajstić information content (AvgIpc) is 2.42. The number of nitrogens with zero attached hydrogens (tertiary/aromatic N) is 3. The van der Waals surface area contributed by atoms with E-state index in [0.29, 0.717) is 24.2 Å². The fourth-order valence-electron chi connectivity index (χ4n) is 1.60. The van der Waals surface area contributed by atoms with Crippen molar-refractivity contribution in [3.63, 3.8) is 0 Å². The lowest BCUT2D eigenvalue weighted by atomic mass is 10.3. The summed E-state index contributed by atoms with van der Waals surface area (Å²) in [5, 5.41) is 3.05.